The molecule has 2 N–H and O–H groups in total. The maximum Gasteiger partial charge on any atom is 0.137 e. The van der Waals surface area contributed by atoms with Crippen molar-refractivity contribution in [1.82, 2.24) is 14.8 Å². The second kappa shape index (κ2) is 5.09. The Bertz CT molecular complexity index is 579. The number of fused-ring (bicyclic) bond motifs is 1. The van der Waals surface area contributed by atoms with Crippen LogP contribution in [0.5, 0.6) is 0 Å². The summed E-state index contributed by atoms with van der Waals surface area (Å²) in [6.07, 6.45) is 2.59. The molecule has 0 aliphatic carbocycles. The van der Waals surface area contributed by atoms with Gasteiger partial charge in [0.1, 0.15) is 17.5 Å². The molecular formula is C14H17FN4. The lowest BCUT2D eigenvalue weighted by Gasteiger charge is -2.22. The molecule has 0 bridgehead atoms. The fourth-order valence-corrected chi connectivity index (χ4v) is 2.61. The van der Waals surface area contributed by atoms with Crippen LogP contribution in [-0.2, 0) is 19.4 Å². The molecule has 1 aromatic carbocycles. The molecule has 100 valence electrons. The second-order valence-electron chi connectivity index (χ2n) is 5.09. The minimum absolute atomic E-state index is 0.209. The average molecular weight is 260 g/mol. The number of benzene rings is 1. The predicted molar refractivity (Wildman–Crippen MR) is 70.1 cm³/mol. The Balaban J connectivity index is 1.82. The minimum Gasteiger partial charge on any atom is -0.330 e. The molecule has 3 rings (SSSR count). The highest BCUT2D eigenvalue weighted by Crippen LogP contribution is 2.20. The Morgan fingerprint density at radius 2 is 2.26 bits per heavy atom. The van der Waals surface area contributed by atoms with E-state index in [1.165, 1.54) is 6.07 Å². The third-order valence-electron chi connectivity index (χ3n) is 3.72. The Kier molecular flexibility index (Phi) is 3.29. The summed E-state index contributed by atoms with van der Waals surface area (Å²) in [4.78, 5) is 0. The van der Waals surface area contributed by atoms with Gasteiger partial charge in [-0.3, -0.25) is 0 Å². The molecule has 1 aliphatic rings. The van der Waals surface area contributed by atoms with E-state index in [9.17, 15) is 4.39 Å². The quantitative estimate of drug-likeness (QED) is 0.910. The summed E-state index contributed by atoms with van der Waals surface area (Å²) in [7, 11) is 0. The topological polar surface area (TPSA) is 56.7 Å². The Morgan fingerprint density at radius 3 is 3.05 bits per heavy atom. The van der Waals surface area contributed by atoms with Crippen LogP contribution < -0.4 is 5.73 Å². The van der Waals surface area contributed by atoms with Crippen LogP contribution in [0.4, 0.5) is 4.39 Å². The predicted octanol–water partition coefficient (Wildman–Crippen LogP) is 1.53. The highest BCUT2D eigenvalue weighted by atomic mass is 19.1. The smallest absolute Gasteiger partial charge is 0.137 e. The summed E-state index contributed by atoms with van der Waals surface area (Å²) in [6, 6.07) is 6.64. The van der Waals surface area contributed by atoms with Crippen LogP contribution >= 0.6 is 0 Å². The lowest BCUT2D eigenvalue weighted by Crippen LogP contribution is -2.26. The first kappa shape index (κ1) is 12.3. The van der Waals surface area contributed by atoms with Crippen LogP contribution in [0.2, 0.25) is 0 Å². The zero-order valence-corrected chi connectivity index (χ0v) is 10.7. The monoisotopic (exact) mass is 260 g/mol. The van der Waals surface area contributed by atoms with Gasteiger partial charge >= 0.3 is 0 Å². The Labute approximate surface area is 111 Å². The van der Waals surface area contributed by atoms with Gasteiger partial charge in [0.15, 0.2) is 0 Å². The Morgan fingerprint density at radius 1 is 1.37 bits per heavy atom. The number of nitrogens with zero attached hydrogens (tertiary/aromatic N) is 3. The standard InChI is InChI=1S/C14H17FN4/c15-12-3-1-2-10(6-12)7-13-17-18-14-8-11(9-16)4-5-19(13)14/h1-3,6,11H,4-5,7-9,16H2. The molecule has 0 amide bonds. The minimum atomic E-state index is -0.209. The molecule has 0 spiro atoms. The largest absolute Gasteiger partial charge is 0.330 e. The summed E-state index contributed by atoms with van der Waals surface area (Å²) < 4.78 is 15.3. The van der Waals surface area contributed by atoms with Crippen LogP contribution in [-0.4, -0.2) is 21.3 Å². The molecule has 0 saturated heterocycles. The first-order chi connectivity index (χ1) is 9.26. The van der Waals surface area contributed by atoms with Crippen molar-refractivity contribution in [1.29, 1.82) is 0 Å². The van der Waals surface area contributed by atoms with Gasteiger partial charge < -0.3 is 10.3 Å². The molecule has 1 aromatic heterocycles. The molecule has 2 aromatic rings. The fraction of sp³-hybridized carbons (Fsp3) is 0.429. The van der Waals surface area contributed by atoms with Gasteiger partial charge in [0.05, 0.1) is 0 Å². The summed E-state index contributed by atoms with van der Waals surface area (Å²) in [5.41, 5.74) is 6.64. The summed E-state index contributed by atoms with van der Waals surface area (Å²) in [5, 5.41) is 8.48. The second-order valence-corrected chi connectivity index (χ2v) is 5.09. The fourth-order valence-electron chi connectivity index (χ4n) is 2.61. The van der Waals surface area contributed by atoms with Crippen LogP contribution in [0.25, 0.3) is 0 Å². The lowest BCUT2D eigenvalue weighted by atomic mass is 9.98. The van der Waals surface area contributed by atoms with Gasteiger partial charge in [0.2, 0.25) is 0 Å². The van der Waals surface area contributed by atoms with E-state index in [1.807, 2.05) is 6.07 Å². The van der Waals surface area contributed by atoms with Gasteiger partial charge in [-0.15, -0.1) is 10.2 Å². The number of hydrogen-bond donors (Lipinski definition) is 1. The van der Waals surface area contributed by atoms with Crippen molar-refractivity contribution in [2.24, 2.45) is 11.7 Å². The highest BCUT2D eigenvalue weighted by Gasteiger charge is 2.21. The number of rotatable bonds is 3. The molecule has 4 nitrogen and oxygen atoms in total. The molecular weight excluding hydrogens is 243 g/mol. The average Bonchev–Trinajstić information content (AvgIpc) is 2.81. The van der Waals surface area contributed by atoms with E-state index in [-0.39, 0.29) is 5.82 Å². The zero-order chi connectivity index (χ0) is 13.2. The van der Waals surface area contributed by atoms with Gasteiger partial charge in [0, 0.05) is 19.4 Å². The molecule has 0 fully saturated rings. The molecule has 2 heterocycles. The molecule has 5 heteroatoms. The van der Waals surface area contributed by atoms with E-state index >= 15 is 0 Å². The number of aromatic nitrogens is 3. The van der Waals surface area contributed by atoms with Crippen LogP contribution in [0.1, 0.15) is 23.6 Å². The van der Waals surface area contributed by atoms with Crippen molar-refractivity contribution in [3.63, 3.8) is 0 Å². The third-order valence-corrected chi connectivity index (χ3v) is 3.72. The normalized spacial score (nSPS) is 18.3. The third kappa shape index (κ3) is 2.51. The van der Waals surface area contributed by atoms with E-state index in [2.05, 4.69) is 14.8 Å². The van der Waals surface area contributed by atoms with Gasteiger partial charge in [-0.1, -0.05) is 12.1 Å². The van der Waals surface area contributed by atoms with Crippen molar-refractivity contribution in [2.45, 2.75) is 25.8 Å². The van der Waals surface area contributed by atoms with Crippen molar-refractivity contribution >= 4 is 0 Å². The van der Waals surface area contributed by atoms with Gasteiger partial charge in [-0.05, 0) is 36.6 Å². The maximum absolute atomic E-state index is 13.2. The molecule has 1 atom stereocenters. The summed E-state index contributed by atoms with van der Waals surface area (Å²) in [6.45, 7) is 1.61. The van der Waals surface area contributed by atoms with Crippen molar-refractivity contribution < 1.29 is 4.39 Å². The van der Waals surface area contributed by atoms with Crippen molar-refractivity contribution in [3.8, 4) is 0 Å². The molecule has 0 radical (unpaired) electrons. The van der Waals surface area contributed by atoms with Gasteiger partial charge in [-0.25, -0.2) is 4.39 Å². The molecule has 1 aliphatic heterocycles. The Hall–Kier alpha value is -1.75. The number of halogens is 1. The van der Waals surface area contributed by atoms with E-state index < -0.39 is 0 Å². The van der Waals surface area contributed by atoms with E-state index in [4.69, 9.17) is 5.73 Å². The zero-order valence-electron chi connectivity index (χ0n) is 10.7. The van der Waals surface area contributed by atoms with Crippen LogP contribution in [0, 0.1) is 11.7 Å². The van der Waals surface area contributed by atoms with Crippen molar-refractivity contribution in [3.05, 3.63) is 47.3 Å². The lowest BCUT2D eigenvalue weighted by molar-refractivity contribution is 0.385. The van der Waals surface area contributed by atoms with Crippen molar-refractivity contribution in [2.75, 3.05) is 6.54 Å². The number of hydrogen-bond acceptors (Lipinski definition) is 3. The first-order valence-electron chi connectivity index (χ1n) is 6.61. The molecule has 0 saturated carbocycles. The van der Waals surface area contributed by atoms with Gasteiger partial charge in [0.25, 0.3) is 0 Å². The highest BCUT2D eigenvalue weighted by molar-refractivity contribution is 5.20. The molecule has 1 unspecified atom stereocenters. The summed E-state index contributed by atoms with van der Waals surface area (Å²) >= 11 is 0. The maximum atomic E-state index is 13.2. The number of nitrogens with two attached hydrogens (primary N) is 1. The van der Waals surface area contributed by atoms with E-state index in [1.54, 1.807) is 12.1 Å². The van der Waals surface area contributed by atoms with Gasteiger partial charge in [-0.2, -0.15) is 0 Å². The summed E-state index contributed by atoms with van der Waals surface area (Å²) in [5.74, 6) is 2.22. The van der Waals surface area contributed by atoms with E-state index in [0.717, 1.165) is 36.6 Å². The van der Waals surface area contributed by atoms with E-state index in [0.29, 0.717) is 18.9 Å². The first-order valence-corrected chi connectivity index (χ1v) is 6.61. The van der Waals surface area contributed by atoms with Crippen LogP contribution in [0.3, 0.4) is 0 Å². The van der Waals surface area contributed by atoms with Crippen LogP contribution in [0.15, 0.2) is 24.3 Å². The SMILES string of the molecule is NCC1CCn2c(Cc3cccc(F)c3)nnc2C1. The molecule has 19 heavy (non-hydrogen) atoms.